The smallest absolute Gasteiger partial charge is 0.464 e. The van der Waals surface area contributed by atoms with Crippen LogP contribution in [0.4, 0.5) is 113 Å². The summed E-state index contributed by atoms with van der Waals surface area (Å²) in [6, 6.07) is 56.3. The number of carbonyl (C=O) groups excluding carboxylic acids is 4. The molecule has 0 saturated carbocycles. The molecule has 0 aliphatic carbocycles. The molecule has 3 aromatic heterocycles. The van der Waals surface area contributed by atoms with Gasteiger partial charge in [-0.3, -0.25) is 16.0 Å². The molecule has 13 rings (SSSR count). The number of alkyl halides is 18. The summed E-state index contributed by atoms with van der Waals surface area (Å²) in [5, 5.41) is 19.9. The number of urea groups is 3. The molecule has 0 radical (unpaired) electrons. The third-order valence-corrected chi connectivity index (χ3v) is 22.5. The highest BCUT2D eigenvalue weighted by atomic mass is 32.1. The van der Waals surface area contributed by atoms with Gasteiger partial charge < -0.3 is 49.1 Å². The number of benzene rings is 10. The van der Waals surface area contributed by atoms with Crippen molar-refractivity contribution in [3.8, 4) is 45.8 Å². The largest absolute Gasteiger partial charge is 0.573 e. The molecule has 0 atom stereocenters. The van der Waals surface area contributed by atoms with E-state index in [-0.39, 0.29) is 85.1 Å². The third kappa shape index (κ3) is 29.2. The number of thiazole rings is 3. The number of amides is 6. The monoisotopic (exact) mass is 1970 g/mol. The van der Waals surface area contributed by atoms with Crippen molar-refractivity contribution in [2.45, 2.75) is 127 Å². The van der Waals surface area contributed by atoms with Crippen molar-refractivity contribution in [2.75, 3.05) is 23.1 Å². The maximum Gasteiger partial charge on any atom is 0.573 e. The number of hydrogen-bond donors (Lipinski definition) is 6. The Labute approximate surface area is 775 Å². The van der Waals surface area contributed by atoms with Gasteiger partial charge in [-0.15, -0.1) is 113 Å². The fraction of sp³-hybridized carbons (Fsp3) is 0.223. The van der Waals surface area contributed by atoms with E-state index in [1.807, 2.05) is 20.8 Å². The van der Waals surface area contributed by atoms with Crippen LogP contribution in [-0.2, 0) is 46.0 Å². The molecule has 0 fully saturated rings. The van der Waals surface area contributed by atoms with Crippen LogP contribution in [0, 0.1) is 12.7 Å². The van der Waals surface area contributed by atoms with Gasteiger partial charge in [-0.2, -0.15) is 0 Å². The molecular formula is C94H78F19N9O11S3. The molecule has 20 nitrogen and oxygen atoms in total. The highest BCUT2D eigenvalue weighted by Crippen LogP contribution is 2.45. The minimum Gasteiger partial charge on any atom is -0.464 e. The first-order valence-corrected chi connectivity index (χ1v) is 42.7. The van der Waals surface area contributed by atoms with Crippen LogP contribution >= 0.6 is 34.0 Å². The minimum absolute atomic E-state index is 0.00137. The van der Waals surface area contributed by atoms with Gasteiger partial charge >= 0.3 is 62.2 Å². The van der Waals surface area contributed by atoms with Crippen molar-refractivity contribution in [2.24, 2.45) is 0 Å². The average Bonchev–Trinajstić information content (AvgIpc) is 0.835. The number of anilines is 3. The average molecular weight is 1970 g/mol. The van der Waals surface area contributed by atoms with Gasteiger partial charge in [0.05, 0.1) is 35.1 Å². The summed E-state index contributed by atoms with van der Waals surface area (Å²) in [5.41, 5.74) is -1.50. The van der Waals surface area contributed by atoms with Crippen molar-refractivity contribution < 1.29 is 136 Å². The maximum absolute atomic E-state index is 14.2. The SMILES string of the molecule is CC(C)(C)c1csc(NC(=O)NC(Cc2ccccc2)(c2cccc(OC(F)(F)F)c2)c2cccc(OC(F)(F)F)c2)n1.COC(=O)c1nc(NC(=O)NC(Cc2ccccc2)(c2cccc(OC(F)(F)F)c2)c2cccc(OC(F)(F)F)c2)sc1C(C)C.Cc1ccc(-c2csc(NC(=O)NC(Cc3ccccc3)(c3cccc(OC(F)(F)F)c3)c3cccc(OC(F)(F)F)c3)n2)cc1F. The molecule has 6 N–H and O–H groups in total. The number of ether oxygens (including phenoxy) is 7. The van der Waals surface area contributed by atoms with Crippen molar-refractivity contribution in [1.29, 1.82) is 0 Å². The summed E-state index contributed by atoms with van der Waals surface area (Å²) >= 11 is 3.20. The van der Waals surface area contributed by atoms with Crippen LogP contribution in [0.15, 0.2) is 266 Å². The molecule has 0 spiro atoms. The van der Waals surface area contributed by atoms with Crippen LogP contribution in [0.5, 0.6) is 34.5 Å². The van der Waals surface area contributed by atoms with Crippen LogP contribution < -0.4 is 60.3 Å². The van der Waals surface area contributed by atoms with Crippen LogP contribution in [0.25, 0.3) is 11.3 Å². The number of methoxy groups -OCH3 is 1. The Morgan fingerprint density at radius 3 is 0.926 bits per heavy atom. The van der Waals surface area contributed by atoms with Gasteiger partial charge in [0.15, 0.2) is 21.1 Å². The Hall–Kier alpha value is -14.2. The van der Waals surface area contributed by atoms with E-state index < -0.39 is 119 Å². The summed E-state index contributed by atoms with van der Waals surface area (Å²) in [7, 11) is 1.18. The Kier molecular flexibility index (Phi) is 32.1. The topological polar surface area (TPSA) is 244 Å². The summed E-state index contributed by atoms with van der Waals surface area (Å²) in [6.45, 7) is 11.1. The van der Waals surface area contributed by atoms with Crippen LogP contribution in [-0.4, -0.2) is 84.3 Å². The number of aryl methyl sites for hydroxylation is 1. The molecular weight excluding hydrogens is 1890 g/mol. The zero-order chi connectivity index (χ0) is 99.0. The van der Waals surface area contributed by atoms with E-state index in [0.717, 1.165) is 101 Å². The maximum atomic E-state index is 14.2. The lowest BCUT2D eigenvalue weighted by molar-refractivity contribution is -0.275. The van der Waals surface area contributed by atoms with Crippen molar-refractivity contribution in [3.63, 3.8) is 0 Å². The molecule has 42 heteroatoms. The number of nitrogens with one attached hydrogen (secondary N) is 6. The second-order valence-electron chi connectivity index (χ2n) is 31.1. The summed E-state index contributed by atoms with van der Waals surface area (Å²) in [4.78, 5) is 66.8. The standard InChI is InChI=1S/C33H24F7N3O3S.C31H27F6N3O5S.C30H27F6N3O3S/c1-20-13-14-22(15-27(20)34)28-19-47-30(41-28)42-29(44)43-31(18-21-7-3-2-4-8-21,23-9-5-11-25(16-23)45-32(35,36)37)24-10-6-12-26(17-24)46-33(38,39)40;1-18(2)25-24(26(41)43-3)38-28(46-25)39-27(42)40-29(17-19-9-5-4-6-10-19,20-11-7-13-22(15-20)44-30(32,33)34)21-12-8-14-23(16-21)45-31(35,36)37;1-27(2,3)24-18-43-26(37-24)38-25(40)39-28(17-19-9-5-4-6-10-19,20-11-7-13-22(15-20)41-29(31,32)33)21-12-8-14-23(16-21)42-30(34,35)36/h2-17,19H,18H2,1H3,(H2,41,42,43,44);4-16,18H,17H2,1-3H3,(H2,38,39,40,42);4-16,18H,17H2,1-3H3,(H2,37,38,39,40). The predicted octanol–water partition coefficient (Wildman–Crippen LogP) is 26.1. The number of nitrogens with zero attached hydrogens (tertiary/aromatic N) is 3. The van der Waals surface area contributed by atoms with E-state index in [2.05, 4.69) is 75.3 Å². The van der Waals surface area contributed by atoms with Crippen LogP contribution in [0.2, 0.25) is 0 Å². The van der Waals surface area contributed by atoms with E-state index >= 15 is 0 Å². The molecule has 136 heavy (non-hydrogen) atoms. The number of hydrogen-bond acceptors (Lipinski definition) is 17. The fourth-order valence-corrected chi connectivity index (χ4v) is 16.6. The predicted molar refractivity (Wildman–Crippen MR) is 469 cm³/mol. The number of esters is 1. The van der Waals surface area contributed by atoms with E-state index in [0.29, 0.717) is 38.4 Å². The normalized spacial score (nSPS) is 12.2. The number of rotatable bonds is 27. The van der Waals surface area contributed by atoms with Gasteiger partial charge in [0.1, 0.15) is 40.3 Å². The van der Waals surface area contributed by atoms with E-state index in [1.165, 1.54) is 97.3 Å². The minimum atomic E-state index is -5.05. The van der Waals surface area contributed by atoms with Crippen molar-refractivity contribution in [1.82, 2.24) is 30.9 Å². The van der Waals surface area contributed by atoms with Crippen LogP contribution in [0.1, 0.15) is 117 Å². The van der Waals surface area contributed by atoms with E-state index in [4.69, 9.17) is 4.74 Å². The molecule has 0 bridgehead atoms. The quantitative estimate of drug-likeness (QED) is 0.0207. The third-order valence-electron chi connectivity index (χ3n) is 19.7. The van der Waals surface area contributed by atoms with Gasteiger partial charge in [-0.05, 0) is 147 Å². The van der Waals surface area contributed by atoms with Gasteiger partial charge in [0, 0.05) is 45.9 Å². The lowest BCUT2D eigenvalue weighted by atomic mass is 9.77. The zero-order valence-corrected chi connectivity index (χ0v) is 74.3. The zero-order valence-electron chi connectivity index (χ0n) is 71.8. The molecule has 0 aliphatic heterocycles. The van der Waals surface area contributed by atoms with Gasteiger partial charge in [0.2, 0.25) is 0 Å². The Morgan fingerprint density at radius 1 is 0.360 bits per heavy atom. The number of halogens is 19. The van der Waals surface area contributed by atoms with Crippen molar-refractivity contribution >= 4 is 73.5 Å². The number of aromatic nitrogens is 3. The Balaban J connectivity index is 0.000000196. The molecule has 0 saturated heterocycles. The molecule has 0 aliphatic rings. The molecule has 3 heterocycles. The first-order valence-electron chi connectivity index (χ1n) is 40.1. The lowest BCUT2D eigenvalue weighted by Gasteiger charge is -2.37. The van der Waals surface area contributed by atoms with Gasteiger partial charge in [-0.1, -0.05) is 211 Å². The summed E-state index contributed by atoms with van der Waals surface area (Å²) < 4.78 is 281. The molecule has 716 valence electrons. The molecule has 10 aromatic carbocycles. The van der Waals surface area contributed by atoms with E-state index in [9.17, 15) is 103 Å². The molecule has 13 aromatic rings. The second-order valence-corrected chi connectivity index (χ2v) is 33.8. The second kappa shape index (κ2) is 42.6. The number of carbonyl (C=O) groups is 4. The highest BCUT2D eigenvalue weighted by molar-refractivity contribution is 7.16. The molecule has 0 unspecified atom stereocenters. The highest BCUT2D eigenvalue weighted by Gasteiger charge is 2.45. The van der Waals surface area contributed by atoms with Crippen molar-refractivity contribution in [3.05, 3.63) is 343 Å². The first-order chi connectivity index (χ1) is 63.8. The lowest BCUT2D eigenvalue weighted by Crippen LogP contribution is -2.50. The van der Waals surface area contributed by atoms with Crippen LogP contribution in [0.3, 0.4) is 0 Å². The molecule has 6 amide bonds. The summed E-state index contributed by atoms with van der Waals surface area (Å²) in [5.74, 6) is -5.00. The van der Waals surface area contributed by atoms with Gasteiger partial charge in [-0.25, -0.2) is 38.5 Å². The first kappa shape index (κ1) is 102. The fourth-order valence-electron chi connectivity index (χ4n) is 14.0. The van der Waals surface area contributed by atoms with Gasteiger partial charge in [0.25, 0.3) is 0 Å². The Bertz CT molecular complexity index is 6090. The van der Waals surface area contributed by atoms with E-state index in [1.54, 1.807) is 135 Å². The summed E-state index contributed by atoms with van der Waals surface area (Å²) in [6.07, 6.45) is -30.6. The Morgan fingerprint density at radius 2 is 0.654 bits per heavy atom.